The molecule has 0 aliphatic carbocycles. The molecule has 0 heterocycles. The third kappa shape index (κ3) is 6.30. The van der Waals surface area contributed by atoms with Gasteiger partial charge in [-0.1, -0.05) is 30.3 Å². The molecular formula is C22H30N4O2. The van der Waals surface area contributed by atoms with Crippen LogP contribution in [0.15, 0.2) is 53.5 Å². The van der Waals surface area contributed by atoms with Gasteiger partial charge in [-0.25, -0.2) is 4.99 Å². The monoisotopic (exact) mass is 382 g/mol. The number of para-hydroxylation sites is 1. The number of nitrogens with one attached hydrogen (secondary N) is 2. The zero-order valence-electron chi connectivity index (χ0n) is 17.2. The second-order valence-electron chi connectivity index (χ2n) is 6.58. The fraction of sp³-hybridized carbons (Fsp3) is 0.364. The average molecular weight is 383 g/mol. The van der Waals surface area contributed by atoms with Crippen molar-refractivity contribution in [3.63, 3.8) is 0 Å². The number of hydrogen-bond acceptors (Lipinski definition) is 3. The summed E-state index contributed by atoms with van der Waals surface area (Å²) in [5.41, 5.74) is 2.89. The van der Waals surface area contributed by atoms with Gasteiger partial charge in [0, 0.05) is 32.7 Å². The summed E-state index contributed by atoms with van der Waals surface area (Å²) in [6.45, 7) is 4.12. The molecule has 0 spiro atoms. The first-order chi connectivity index (χ1) is 13.5. The van der Waals surface area contributed by atoms with Crippen LogP contribution in [0.3, 0.4) is 0 Å². The number of carbonyl (C=O) groups excluding carboxylic acids is 1. The van der Waals surface area contributed by atoms with Crippen LogP contribution in [0, 0.1) is 0 Å². The zero-order valence-corrected chi connectivity index (χ0v) is 17.2. The summed E-state index contributed by atoms with van der Waals surface area (Å²) in [7, 11) is 5.19. The number of methoxy groups -OCH3 is 1. The van der Waals surface area contributed by atoms with E-state index in [-0.39, 0.29) is 5.91 Å². The molecule has 0 aromatic heterocycles. The molecule has 0 saturated heterocycles. The first kappa shape index (κ1) is 21.3. The molecule has 6 heteroatoms. The Morgan fingerprint density at radius 2 is 1.79 bits per heavy atom. The maximum atomic E-state index is 12.0. The van der Waals surface area contributed by atoms with Gasteiger partial charge in [-0.05, 0) is 42.7 Å². The maximum Gasteiger partial charge on any atom is 0.253 e. The van der Waals surface area contributed by atoms with E-state index >= 15 is 0 Å². The van der Waals surface area contributed by atoms with E-state index in [1.54, 1.807) is 26.1 Å². The van der Waals surface area contributed by atoms with Crippen LogP contribution in [-0.4, -0.2) is 51.1 Å². The van der Waals surface area contributed by atoms with Crippen molar-refractivity contribution in [2.45, 2.75) is 19.9 Å². The number of nitrogens with zero attached hydrogens (tertiary/aromatic N) is 2. The van der Waals surface area contributed by atoms with Gasteiger partial charge in [0.1, 0.15) is 5.75 Å². The molecule has 2 aromatic rings. The number of amides is 1. The molecule has 2 N–H and O–H groups in total. The number of hydrogen-bond donors (Lipinski definition) is 2. The van der Waals surface area contributed by atoms with Crippen molar-refractivity contribution < 1.29 is 9.53 Å². The molecule has 28 heavy (non-hydrogen) atoms. The van der Waals surface area contributed by atoms with Gasteiger partial charge >= 0.3 is 0 Å². The normalized spacial score (nSPS) is 11.1. The van der Waals surface area contributed by atoms with Gasteiger partial charge in [0.15, 0.2) is 5.96 Å². The molecule has 0 radical (unpaired) electrons. The zero-order chi connectivity index (χ0) is 20.4. The van der Waals surface area contributed by atoms with E-state index in [0.29, 0.717) is 12.1 Å². The second-order valence-corrected chi connectivity index (χ2v) is 6.58. The van der Waals surface area contributed by atoms with Crippen molar-refractivity contribution in [1.82, 2.24) is 15.5 Å². The average Bonchev–Trinajstić information content (AvgIpc) is 2.72. The van der Waals surface area contributed by atoms with Crippen LogP contribution >= 0.6 is 0 Å². The fourth-order valence-corrected chi connectivity index (χ4v) is 2.75. The third-order valence-corrected chi connectivity index (χ3v) is 4.25. The van der Waals surface area contributed by atoms with Crippen LogP contribution in [0.1, 0.15) is 28.4 Å². The molecule has 0 atom stereocenters. The van der Waals surface area contributed by atoms with E-state index in [9.17, 15) is 4.79 Å². The lowest BCUT2D eigenvalue weighted by atomic mass is 10.1. The van der Waals surface area contributed by atoms with E-state index in [1.807, 2.05) is 49.4 Å². The minimum atomic E-state index is 0.00129. The molecule has 0 bridgehead atoms. The van der Waals surface area contributed by atoms with E-state index in [1.165, 1.54) is 0 Å². The first-order valence-electron chi connectivity index (χ1n) is 9.49. The lowest BCUT2D eigenvalue weighted by Crippen LogP contribution is -2.38. The molecule has 0 saturated carbocycles. The Balaban J connectivity index is 1.93. The van der Waals surface area contributed by atoms with Crippen molar-refractivity contribution in [2.24, 2.45) is 4.99 Å². The number of aliphatic imine (C=N–C) groups is 1. The highest BCUT2D eigenvalue weighted by Gasteiger charge is 2.07. The molecule has 1 amide bonds. The minimum absolute atomic E-state index is 0.00129. The minimum Gasteiger partial charge on any atom is -0.496 e. The van der Waals surface area contributed by atoms with E-state index in [0.717, 1.165) is 42.3 Å². The molecule has 0 fully saturated rings. The molecule has 2 aromatic carbocycles. The van der Waals surface area contributed by atoms with Gasteiger partial charge < -0.3 is 20.3 Å². The first-order valence-corrected chi connectivity index (χ1v) is 9.49. The number of ether oxygens (including phenoxy) is 1. The Bertz CT molecular complexity index is 785. The molecule has 0 aliphatic rings. The van der Waals surface area contributed by atoms with Crippen molar-refractivity contribution in [2.75, 3.05) is 34.3 Å². The molecule has 6 nitrogen and oxygen atoms in total. The Hall–Kier alpha value is -3.02. The summed E-state index contributed by atoms with van der Waals surface area (Å²) in [5, 5.41) is 6.62. The molecule has 0 aliphatic heterocycles. The summed E-state index contributed by atoms with van der Waals surface area (Å²) < 4.78 is 5.40. The van der Waals surface area contributed by atoms with Crippen molar-refractivity contribution in [3.05, 3.63) is 65.2 Å². The Morgan fingerprint density at radius 1 is 1.07 bits per heavy atom. The van der Waals surface area contributed by atoms with Crippen LogP contribution in [0.2, 0.25) is 0 Å². The maximum absolute atomic E-state index is 12.0. The van der Waals surface area contributed by atoms with Gasteiger partial charge in [-0.3, -0.25) is 4.79 Å². The Kier molecular flexibility index (Phi) is 8.34. The third-order valence-electron chi connectivity index (χ3n) is 4.25. The second kappa shape index (κ2) is 11.0. The molecular weight excluding hydrogens is 352 g/mol. The van der Waals surface area contributed by atoms with E-state index in [4.69, 9.17) is 4.74 Å². The van der Waals surface area contributed by atoms with Crippen LogP contribution < -0.4 is 15.4 Å². The number of carbonyl (C=O) groups is 1. The van der Waals surface area contributed by atoms with E-state index in [2.05, 4.69) is 21.7 Å². The Morgan fingerprint density at radius 3 is 2.43 bits per heavy atom. The summed E-state index contributed by atoms with van der Waals surface area (Å²) >= 11 is 0. The predicted molar refractivity (Wildman–Crippen MR) is 114 cm³/mol. The molecule has 2 rings (SSSR count). The van der Waals surface area contributed by atoms with Crippen LogP contribution in [0.25, 0.3) is 0 Å². The number of guanidine groups is 1. The van der Waals surface area contributed by atoms with Crippen molar-refractivity contribution >= 4 is 11.9 Å². The van der Waals surface area contributed by atoms with Gasteiger partial charge in [0.05, 0.1) is 13.7 Å². The largest absolute Gasteiger partial charge is 0.496 e. The topological polar surface area (TPSA) is 66.0 Å². The summed E-state index contributed by atoms with van der Waals surface area (Å²) in [6, 6.07) is 15.6. The predicted octanol–water partition coefficient (Wildman–Crippen LogP) is 2.69. The quantitative estimate of drug-likeness (QED) is 0.544. The number of benzene rings is 2. The van der Waals surface area contributed by atoms with Gasteiger partial charge in [-0.15, -0.1) is 0 Å². The fourth-order valence-electron chi connectivity index (χ4n) is 2.75. The van der Waals surface area contributed by atoms with Crippen LogP contribution in [0.4, 0.5) is 0 Å². The SMILES string of the molecule is CCNC(=NCc1ccc(C(=O)N(C)C)cc1)NCCc1ccccc1OC. The number of rotatable bonds is 8. The summed E-state index contributed by atoms with van der Waals surface area (Å²) in [6.07, 6.45) is 0.843. The van der Waals surface area contributed by atoms with Crippen LogP contribution in [-0.2, 0) is 13.0 Å². The van der Waals surface area contributed by atoms with E-state index < -0.39 is 0 Å². The smallest absolute Gasteiger partial charge is 0.253 e. The highest BCUT2D eigenvalue weighted by molar-refractivity contribution is 5.93. The lowest BCUT2D eigenvalue weighted by molar-refractivity contribution is 0.0827. The van der Waals surface area contributed by atoms with Gasteiger partial charge in [-0.2, -0.15) is 0 Å². The molecule has 150 valence electrons. The molecule has 0 unspecified atom stereocenters. The summed E-state index contributed by atoms with van der Waals surface area (Å²) in [5.74, 6) is 1.67. The van der Waals surface area contributed by atoms with Crippen LogP contribution in [0.5, 0.6) is 5.75 Å². The van der Waals surface area contributed by atoms with Gasteiger partial charge in [0.25, 0.3) is 5.91 Å². The Labute approximate surface area is 167 Å². The highest BCUT2D eigenvalue weighted by atomic mass is 16.5. The summed E-state index contributed by atoms with van der Waals surface area (Å²) in [4.78, 5) is 18.2. The lowest BCUT2D eigenvalue weighted by Gasteiger charge is -2.13. The standard InChI is InChI=1S/C22H30N4O2/c1-5-23-22(24-15-14-18-8-6-7-9-20(18)28-4)25-16-17-10-12-19(13-11-17)21(27)26(2)3/h6-13H,5,14-16H2,1-4H3,(H2,23,24,25). The highest BCUT2D eigenvalue weighted by Crippen LogP contribution is 2.17. The van der Waals surface area contributed by atoms with Crippen molar-refractivity contribution in [3.8, 4) is 5.75 Å². The van der Waals surface area contributed by atoms with Gasteiger partial charge in [0.2, 0.25) is 0 Å². The van der Waals surface area contributed by atoms with Crippen molar-refractivity contribution in [1.29, 1.82) is 0 Å².